The average molecular weight is 373 g/mol. The van der Waals surface area contributed by atoms with Gasteiger partial charge in [-0.2, -0.15) is 0 Å². The van der Waals surface area contributed by atoms with Gasteiger partial charge in [-0.05, 0) is 23.3 Å². The molecule has 3 rings (SSSR count). The molecule has 0 fully saturated rings. The van der Waals surface area contributed by atoms with Crippen LogP contribution in [0.5, 0.6) is 0 Å². The van der Waals surface area contributed by atoms with Crippen LogP contribution in [0.3, 0.4) is 0 Å². The molecule has 0 atom stereocenters. The zero-order valence-electron chi connectivity index (χ0n) is 13.7. The molecule has 2 nitrogen and oxygen atoms in total. The summed E-state index contributed by atoms with van der Waals surface area (Å²) in [4.78, 5) is 0. The van der Waals surface area contributed by atoms with E-state index < -0.39 is 5.60 Å². The molecule has 0 aliphatic carbocycles. The Labute approximate surface area is 158 Å². The van der Waals surface area contributed by atoms with Crippen molar-refractivity contribution in [3.8, 4) is 0 Å². The summed E-state index contributed by atoms with van der Waals surface area (Å²) in [7, 11) is 0. The average Bonchev–Trinajstić information content (AvgIpc) is 2.66. The molecule has 3 aromatic carbocycles. The Morgan fingerprint density at radius 2 is 1.32 bits per heavy atom. The van der Waals surface area contributed by atoms with Gasteiger partial charge in [0.1, 0.15) is 13.1 Å². The summed E-state index contributed by atoms with van der Waals surface area (Å²) >= 11 is 12.0. The summed E-state index contributed by atoms with van der Waals surface area (Å²) in [5.74, 6) is 0. The third-order valence-corrected chi connectivity index (χ3v) is 5.05. The van der Waals surface area contributed by atoms with Crippen LogP contribution >= 0.6 is 23.2 Å². The van der Waals surface area contributed by atoms with Crippen LogP contribution in [-0.4, -0.2) is 11.7 Å². The van der Waals surface area contributed by atoms with E-state index >= 15 is 0 Å². The Hall–Kier alpha value is -1.84. The van der Waals surface area contributed by atoms with Crippen LogP contribution in [0.4, 0.5) is 0 Å². The monoisotopic (exact) mass is 372 g/mol. The minimum Gasteiger partial charge on any atom is -0.375 e. The predicted octanol–water partition coefficient (Wildman–Crippen LogP) is 3.99. The van der Waals surface area contributed by atoms with Crippen LogP contribution in [0.2, 0.25) is 10.0 Å². The highest BCUT2D eigenvalue weighted by molar-refractivity contribution is 6.42. The number of hydrogen-bond donors (Lipinski definition) is 2. The van der Waals surface area contributed by atoms with Gasteiger partial charge in [-0.25, -0.2) is 0 Å². The first-order chi connectivity index (χ1) is 12.1. The Bertz CT molecular complexity index is 782. The van der Waals surface area contributed by atoms with Gasteiger partial charge in [0.2, 0.25) is 0 Å². The van der Waals surface area contributed by atoms with Gasteiger partial charge in [0.15, 0.2) is 5.60 Å². The first-order valence-corrected chi connectivity index (χ1v) is 8.94. The van der Waals surface area contributed by atoms with Crippen molar-refractivity contribution in [3.63, 3.8) is 0 Å². The maximum atomic E-state index is 11.5. The largest absolute Gasteiger partial charge is 0.375 e. The Morgan fingerprint density at radius 3 is 1.84 bits per heavy atom. The van der Waals surface area contributed by atoms with Crippen LogP contribution in [0.15, 0.2) is 78.9 Å². The molecular formula is C21H20Cl2NO+. The summed E-state index contributed by atoms with van der Waals surface area (Å²) in [6, 6.07) is 25.1. The van der Waals surface area contributed by atoms with Gasteiger partial charge in [-0.15, -0.1) is 0 Å². The van der Waals surface area contributed by atoms with Crippen molar-refractivity contribution >= 4 is 23.2 Å². The molecule has 0 spiro atoms. The van der Waals surface area contributed by atoms with Crippen molar-refractivity contribution in [2.24, 2.45) is 0 Å². The lowest BCUT2D eigenvalue weighted by molar-refractivity contribution is -0.682. The van der Waals surface area contributed by atoms with Gasteiger partial charge in [0, 0.05) is 5.56 Å². The van der Waals surface area contributed by atoms with Crippen molar-refractivity contribution in [1.29, 1.82) is 0 Å². The van der Waals surface area contributed by atoms with E-state index in [2.05, 4.69) is 5.32 Å². The third kappa shape index (κ3) is 4.23. The Balaban J connectivity index is 1.80. The second kappa shape index (κ2) is 8.03. The maximum Gasteiger partial charge on any atom is 0.163 e. The molecule has 0 radical (unpaired) electrons. The molecule has 4 heteroatoms. The molecule has 0 bridgehead atoms. The van der Waals surface area contributed by atoms with Crippen LogP contribution < -0.4 is 5.32 Å². The normalized spacial score (nSPS) is 11.5. The van der Waals surface area contributed by atoms with E-state index in [1.807, 2.05) is 72.8 Å². The van der Waals surface area contributed by atoms with Gasteiger partial charge in [0.25, 0.3) is 0 Å². The van der Waals surface area contributed by atoms with Crippen LogP contribution in [0, 0.1) is 0 Å². The number of quaternary nitrogens is 1. The maximum absolute atomic E-state index is 11.5. The number of nitrogens with two attached hydrogens (primary N) is 1. The van der Waals surface area contributed by atoms with Crippen molar-refractivity contribution in [2.45, 2.75) is 12.1 Å². The van der Waals surface area contributed by atoms with E-state index in [0.717, 1.165) is 16.7 Å². The topological polar surface area (TPSA) is 36.8 Å². The first kappa shape index (κ1) is 18.0. The predicted molar refractivity (Wildman–Crippen MR) is 103 cm³/mol. The van der Waals surface area contributed by atoms with E-state index in [1.54, 1.807) is 6.07 Å². The smallest absolute Gasteiger partial charge is 0.163 e. The van der Waals surface area contributed by atoms with Crippen molar-refractivity contribution < 1.29 is 10.4 Å². The summed E-state index contributed by atoms with van der Waals surface area (Å²) in [6.07, 6.45) is 0. The van der Waals surface area contributed by atoms with E-state index in [0.29, 0.717) is 23.1 Å². The molecule has 0 amide bonds. The fourth-order valence-electron chi connectivity index (χ4n) is 2.94. The Kier molecular flexibility index (Phi) is 5.77. The van der Waals surface area contributed by atoms with Crippen molar-refractivity contribution in [2.75, 3.05) is 6.54 Å². The zero-order valence-corrected chi connectivity index (χ0v) is 15.2. The number of benzene rings is 3. The lowest BCUT2D eigenvalue weighted by Gasteiger charge is -2.27. The summed E-state index contributed by atoms with van der Waals surface area (Å²) in [5.41, 5.74) is 1.77. The van der Waals surface area contributed by atoms with Gasteiger partial charge < -0.3 is 10.4 Å². The van der Waals surface area contributed by atoms with Crippen LogP contribution in [0.1, 0.15) is 16.7 Å². The fourth-order valence-corrected chi connectivity index (χ4v) is 3.27. The third-order valence-electron chi connectivity index (χ3n) is 4.31. The van der Waals surface area contributed by atoms with E-state index in [9.17, 15) is 5.11 Å². The van der Waals surface area contributed by atoms with Crippen molar-refractivity contribution in [3.05, 3.63) is 106 Å². The molecular weight excluding hydrogens is 353 g/mol. The Morgan fingerprint density at radius 1 is 0.760 bits per heavy atom. The molecule has 0 aliphatic rings. The van der Waals surface area contributed by atoms with Gasteiger partial charge in [-0.1, -0.05) is 89.9 Å². The highest BCUT2D eigenvalue weighted by Gasteiger charge is 2.33. The standard InChI is InChI=1S/C21H19Cl2NO/c22-19-12-11-16(13-20(19)23)14-24-15-21(25,17-7-3-1-4-8-17)18-9-5-2-6-10-18/h1-13,24-25H,14-15H2/p+1. The van der Waals surface area contributed by atoms with Crippen LogP contribution in [-0.2, 0) is 12.1 Å². The van der Waals surface area contributed by atoms with E-state index in [1.165, 1.54) is 0 Å². The quantitative estimate of drug-likeness (QED) is 0.674. The van der Waals surface area contributed by atoms with Gasteiger partial charge >= 0.3 is 0 Å². The number of halogens is 2. The molecule has 0 aromatic heterocycles. The highest BCUT2D eigenvalue weighted by Crippen LogP contribution is 2.28. The molecule has 0 saturated carbocycles. The van der Waals surface area contributed by atoms with Crippen molar-refractivity contribution in [1.82, 2.24) is 0 Å². The summed E-state index contributed by atoms with van der Waals surface area (Å²) in [6.45, 7) is 1.21. The molecule has 0 unspecified atom stereocenters. The van der Waals surface area contributed by atoms with Gasteiger partial charge in [-0.3, -0.25) is 0 Å². The molecule has 3 aromatic rings. The van der Waals surface area contributed by atoms with E-state index in [-0.39, 0.29) is 0 Å². The second-order valence-corrected chi connectivity index (χ2v) is 6.85. The summed E-state index contributed by atoms with van der Waals surface area (Å²) < 4.78 is 0. The van der Waals surface area contributed by atoms with Crippen LogP contribution in [0.25, 0.3) is 0 Å². The lowest BCUT2D eigenvalue weighted by Crippen LogP contribution is -2.86. The second-order valence-electron chi connectivity index (χ2n) is 6.04. The zero-order chi connectivity index (χ0) is 17.7. The van der Waals surface area contributed by atoms with Gasteiger partial charge in [0.05, 0.1) is 10.0 Å². The number of hydrogen-bond acceptors (Lipinski definition) is 1. The summed E-state index contributed by atoms with van der Waals surface area (Å²) in [5, 5.41) is 14.6. The minimum atomic E-state index is -1.06. The fraction of sp³-hybridized carbons (Fsp3) is 0.143. The molecule has 3 N–H and O–H groups in total. The molecule has 25 heavy (non-hydrogen) atoms. The molecule has 0 aliphatic heterocycles. The molecule has 0 saturated heterocycles. The first-order valence-electron chi connectivity index (χ1n) is 8.18. The number of rotatable bonds is 6. The molecule has 128 valence electrons. The SMILES string of the molecule is OC(C[NH2+]Cc1ccc(Cl)c(Cl)c1)(c1ccccc1)c1ccccc1. The lowest BCUT2D eigenvalue weighted by atomic mass is 9.86. The molecule has 0 heterocycles. The highest BCUT2D eigenvalue weighted by atomic mass is 35.5. The number of aliphatic hydroxyl groups is 1. The minimum absolute atomic E-state index is 0.501. The van der Waals surface area contributed by atoms with E-state index in [4.69, 9.17) is 23.2 Å².